The number of halogens is 1. The minimum atomic E-state index is -0.319. The number of para-hydroxylation sites is 1. The van der Waals surface area contributed by atoms with Crippen LogP contribution >= 0.6 is 34.4 Å². The first-order valence-electron chi connectivity index (χ1n) is 8.97. The quantitative estimate of drug-likeness (QED) is 0.364. The number of carbonyl (C=O) groups is 2. The monoisotopic (exact) mass is 525 g/mol. The molecule has 29 heavy (non-hydrogen) atoms. The molecule has 1 fully saturated rings. The average molecular weight is 525 g/mol. The maximum atomic E-state index is 12.7. The van der Waals surface area contributed by atoms with Gasteiger partial charge in [0.15, 0.2) is 11.5 Å². The van der Waals surface area contributed by atoms with Gasteiger partial charge in [-0.1, -0.05) is 18.2 Å². The summed E-state index contributed by atoms with van der Waals surface area (Å²) in [6, 6.07) is 13.0. The number of hydrogen-bond acceptors (Lipinski definition) is 6. The Morgan fingerprint density at radius 1 is 1.14 bits per heavy atom. The van der Waals surface area contributed by atoms with E-state index in [9.17, 15) is 9.59 Å². The summed E-state index contributed by atoms with van der Waals surface area (Å²) < 4.78 is 17.5. The van der Waals surface area contributed by atoms with Crippen LogP contribution in [0, 0.1) is 3.57 Å². The number of rotatable bonds is 8. The Kier molecular flexibility index (Phi) is 7.43. The van der Waals surface area contributed by atoms with Crippen molar-refractivity contribution in [3.8, 4) is 17.2 Å². The highest BCUT2D eigenvalue weighted by atomic mass is 127. The zero-order valence-corrected chi connectivity index (χ0v) is 19.0. The zero-order chi connectivity index (χ0) is 20.8. The largest absolute Gasteiger partial charge is 0.492 e. The number of nitrogens with zero attached hydrogens (tertiary/aromatic N) is 1. The molecular formula is C21H20INO5S. The van der Waals surface area contributed by atoms with Gasteiger partial charge in [0.25, 0.3) is 11.1 Å². The molecule has 0 saturated carbocycles. The lowest BCUT2D eigenvalue weighted by Gasteiger charge is -2.13. The van der Waals surface area contributed by atoms with Crippen molar-refractivity contribution in [3.63, 3.8) is 0 Å². The Hall–Kier alpha value is -2.20. The highest BCUT2D eigenvalue weighted by Crippen LogP contribution is 2.37. The molecular weight excluding hydrogens is 505 g/mol. The third-order valence-electron chi connectivity index (χ3n) is 4.03. The van der Waals surface area contributed by atoms with E-state index >= 15 is 0 Å². The molecule has 152 valence electrons. The molecule has 2 aromatic carbocycles. The molecule has 0 atom stereocenters. The molecule has 0 unspecified atom stereocenters. The van der Waals surface area contributed by atoms with Gasteiger partial charge in [-0.25, -0.2) is 0 Å². The molecule has 0 spiro atoms. The molecule has 0 bridgehead atoms. The number of hydrogen-bond donors (Lipinski definition) is 0. The summed E-state index contributed by atoms with van der Waals surface area (Å²) in [5.74, 6) is 1.63. The molecule has 1 aliphatic rings. The third-order valence-corrected chi connectivity index (χ3v) is 5.74. The SMILES string of the molecule is CCOc1cc(/C=C2\SC(=O)N(CCOc3ccccc3)C2=O)cc(I)c1OC. The molecule has 1 saturated heterocycles. The minimum absolute atomic E-state index is 0.196. The second-order valence-corrected chi connectivity index (χ2v) is 8.12. The van der Waals surface area contributed by atoms with Crippen molar-refractivity contribution in [1.82, 2.24) is 4.90 Å². The van der Waals surface area contributed by atoms with Crippen molar-refractivity contribution >= 4 is 51.6 Å². The first-order chi connectivity index (χ1) is 14.0. The van der Waals surface area contributed by atoms with Gasteiger partial charge >= 0.3 is 0 Å². The molecule has 3 rings (SSSR count). The number of amides is 2. The van der Waals surface area contributed by atoms with E-state index in [1.807, 2.05) is 43.3 Å². The maximum Gasteiger partial charge on any atom is 0.293 e. The summed E-state index contributed by atoms with van der Waals surface area (Å²) in [6.07, 6.45) is 1.70. The van der Waals surface area contributed by atoms with E-state index in [2.05, 4.69) is 22.6 Å². The van der Waals surface area contributed by atoms with Crippen LogP contribution in [0.3, 0.4) is 0 Å². The van der Waals surface area contributed by atoms with Gasteiger partial charge in [0, 0.05) is 0 Å². The second kappa shape index (κ2) is 10.0. The van der Waals surface area contributed by atoms with Crippen LogP contribution in [-0.4, -0.2) is 42.9 Å². The smallest absolute Gasteiger partial charge is 0.293 e. The third kappa shape index (κ3) is 5.24. The van der Waals surface area contributed by atoms with Crippen molar-refractivity contribution in [2.45, 2.75) is 6.92 Å². The van der Waals surface area contributed by atoms with Crippen molar-refractivity contribution in [1.29, 1.82) is 0 Å². The normalized spacial score (nSPS) is 15.1. The van der Waals surface area contributed by atoms with Crippen molar-refractivity contribution in [2.24, 2.45) is 0 Å². The van der Waals surface area contributed by atoms with Crippen LogP contribution < -0.4 is 14.2 Å². The number of benzene rings is 2. The van der Waals surface area contributed by atoms with Crippen LogP contribution in [-0.2, 0) is 4.79 Å². The molecule has 2 aromatic rings. The Morgan fingerprint density at radius 2 is 1.90 bits per heavy atom. The van der Waals surface area contributed by atoms with Crippen LogP contribution in [0.15, 0.2) is 47.4 Å². The van der Waals surface area contributed by atoms with E-state index in [0.717, 1.165) is 20.9 Å². The van der Waals surface area contributed by atoms with Gasteiger partial charge in [-0.15, -0.1) is 0 Å². The maximum absolute atomic E-state index is 12.7. The van der Waals surface area contributed by atoms with Crippen molar-refractivity contribution in [2.75, 3.05) is 26.9 Å². The van der Waals surface area contributed by atoms with Gasteiger partial charge in [-0.05, 0) is 77.2 Å². The summed E-state index contributed by atoms with van der Waals surface area (Å²) in [7, 11) is 1.59. The molecule has 1 heterocycles. The predicted octanol–water partition coefficient (Wildman–Crippen LogP) is 4.81. The molecule has 0 aromatic heterocycles. The minimum Gasteiger partial charge on any atom is -0.492 e. The molecule has 1 aliphatic heterocycles. The van der Waals surface area contributed by atoms with Gasteiger partial charge in [0.2, 0.25) is 0 Å². The average Bonchev–Trinajstić information content (AvgIpc) is 2.96. The lowest BCUT2D eigenvalue weighted by Crippen LogP contribution is -2.32. The first kappa shape index (κ1) is 21.5. The van der Waals surface area contributed by atoms with E-state index in [-0.39, 0.29) is 24.3 Å². The van der Waals surface area contributed by atoms with E-state index in [0.29, 0.717) is 28.8 Å². The number of methoxy groups -OCH3 is 1. The molecule has 0 radical (unpaired) electrons. The van der Waals surface area contributed by atoms with E-state index in [1.165, 1.54) is 4.90 Å². The molecule has 0 aliphatic carbocycles. The number of imide groups is 1. The van der Waals surface area contributed by atoms with Gasteiger partial charge < -0.3 is 14.2 Å². The second-order valence-electron chi connectivity index (χ2n) is 5.96. The summed E-state index contributed by atoms with van der Waals surface area (Å²) in [5, 5.41) is -0.300. The number of thioether (sulfide) groups is 1. The molecule has 6 nitrogen and oxygen atoms in total. The lowest BCUT2D eigenvalue weighted by atomic mass is 10.2. The van der Waals surface area contributed by atoms with E-state index < -0.39 is 0 Å². The highest BCUT2D eigenvalue weighted by molar-refractivity contribution is 14.1. The predicted molar refractivity (Wildman–Crippen MR) is 121 cm³/mol. The lowest BCUT2D eigenvalue weighted by molar-refractivity contribution is -0.123. The standard InChI is InChI=1S/C21H20INO5S/c1-3-27-17-12-14(11-16(22)19(17)26-2)13-18-20(24)23(21(25)29-18)9-10-28-15-7-5-4-6-8-15/h4-8,11-13H,3,9-10H2,1-2H3/b18-13-. The molecule has 0 N–H and O–H groups in total. The van der Waals surface area contributed by atoms with E-state index in [4.69, 9.17) is 14.2 Å². The van der Waals surface area contributed by atoms with Gasteiger partial charge in [-0.3, -0.25) is 14.5 Å². The van der Waals surface area contributed by atoms with Gasteiger partial charge in [0.05, 0.1) is 28.7 Å². The Bertz CT molecular complexity index is 932. The van der Waals surface area contributed by atoms with Gasteiger partial charge in [0.1, 0.15) is 12.4 Å². The summed E-state index contributed by atoms with van der Waals surface area (Å²) in [5.41, 5.74) is 0.768. The fraction of sp³-hybridized carbons (Fsp3) is 0.238. The van der Waals surface area contributed by atoms with Crippen LogP contribution in [0.25, 0.3) is 6.08 Å². The van der Waals surface area contributed by atoms with Crippen LogP contribution in [0.5, 0.6) is 17.2 Å². The molecule has 2 amide bonds. The highest BCUT2D eigenvalue weighted by Gasteiger charge is 2.34. The van der Waals surface area contributed by atoms with Crippen LogP contribution in [0.2, 0.25) is 0 Å². The number of carbonyl (C=O) groups excluding carboxylic acids is 2. The first-order valence-corrected chi connectivity index (χ1v) is 10.9. The Balaban J connectivity index is 1.72. The number of ether oxygens (including phenoxy) is 3. The fourth-order valence-electron chi connectivity index (χ4n) is 2.75. The van der Waals surface area contributed by atoms with Gasteiger partial charge in [-0.2, -0.15) is 0 Å². The van der Waals surface area contributed by atoms with Crippen LogP contribution in [0.4, 0.5) is 4.79 Å². The Morgan fingerprint density at radius 3 is 2.59 bits per heavy atom. The summed E-state index contributed by atoms with van der Waals surface area (Å²) >= 11 is 3.08. The summed E-state index contributed by atoms with van der Waals surface area (Å²) in [6.45, 7) is 2.82. The zero-order valence-electron chi connectivity index (χ0n) is 16.0. The van der Waals surface area contributed by atoms with E-state index in [1.54, 1.807) is 19.3 Å². The van der Waals surface area contributed by atoms with Crippen molar-refractivity contribution < 1.29 is 23.8 Å². The summed E-state index contributed by atoms with van der Waals surface area (Å²) in [4.78, 5) is 26.6. The topological polar surface area (TPSA) is 65.1 Å². The fourth-order valence-corrected chi connectivity index (χ4v) is 4.46. The molecule has 8 heteroatoms. The van der Waals surface area contributed by atoms with Crippen molar-refractivity contribution in [3.05, 3.63) is 56.5 Å². The van der Waals surface area contributed by atoms with Crippen LogP contribution in [0.1, 0.15) is 12.5 Å². The Labute approximate surface area is 187 Å².